The average molecular weight is 241 g/mol. The number of pyridine rings is 1. The van der Waals surface area contributed by atoms with Crippen LogP contribution in [-0.2, 0) is 13.1 Å². The van der Waals surface area contributed by atoms with Crippen LogP contribution >= 0.6 is 0 Å². The number of anilines is 1. The van der Waals surface area contributed by atoms with Gasteiger partial charge in [-0.3, -0.25) is 4.98 Å². The van der Waals surface area contributed by atoms with E-state index >= 15 is 0 Å². The summed E-state index contributed by atoms with van der Waals surface area (Å²) in [5.74, 6) is 0.964. The number of methoxy groups -OCH3 is 1. The molecular weight excluding hydrogens is 226 g/mol. The third-order valence-corrected chi connectivity index (χ3v) is 3.13. The molecule has 0 atom stereocenters. The highest BCUT2D eigenvalue weighted by Gasteiger charge is 2.21. The van der Waals surface area contributed by atoms with E-state index < -0.39 is 0 Å². The first-order valence-electron chi connectivity index (χ1n) is 5.93. The molecule has 0 bridgehead atoms. The smallest absolute Gasteiger partial charge is 0.123 e. The molecule has 1 aliphatic heterocycles. The van der Waals surface area contributed by atoms with Gasteiger partial charge < -0.3 is 10.2 Å². The molecule has 3 rings (SSSR count). The number of nitrogens with one attached hydrogen (secondary N) is 1. The molecule has 92 valence electrons. The van der Waals surface area contributed by atoms with Crippen molar-refractivity contribution in [1.29, 1.82) is 0 Å². The molecule has 2 aromatic rings. The summed E-state index contributed by atoms with van der Waals surface area (Å²) < 4.78 is 5.39. The lowest BCUT2D eigenvalue weighted by atomic mass is 10.1. The van der Waals surface area contributed by atoms with Gasteiger partial charge in [0.25, 0.3) is 0 Å². The van der Waals surface area contributed by atoms with E-state index in [1.165, 1.54) is 11.1 Å². The maximum absolute atomic E-state index is 5.39. The molecule has 1 N–H and O–H groups in total. The maximum Gasteiger partial charge on any atom is 0.123 e. The van der Waals surface area contributed by atoms with Crippen LogP contribution in [0.4, 0.5) is 5.69 Å². The van der Waals surface area contributed by atoms with Gasteiger partial charge in [-0.2, -0.15) is 0 Å². The van der Waals surface area contributed by atoms with Crippen molar-refractivity contribution in [2.24, 2.45) is 0 Å². The third-order valence-electron chi connectivity index (χ3n) is 3.13. The van der Waals surface area contributed by atoms with Gasteiger partial charge in [-0.25, -0.2) is 5.01 Å². The van der Waals surface area contributed by atoms with Crippen LogP contribution in [0, 0.1) is 0 Å². The molecule has 1 aliphatic rings. The molecule has 1 aromatic carbocycles. The number of benzene rings is 1. The number of hydrazine groups is 1. The molecule has 0 saturated carbocycles. The van der Waals surface area contributed by atoms with Crippen LogP contribution < -0.4 is 10.2 Å². The van der Waals surface area contributed by atoms with Gasteiger partial charge in [0.1, 0.15) is 5.75 Å². The van der Waals surface area contributed by atoms with E-state index in [0.29, 0.717) is 0 Å². The Morgan fingerprint density at radius 3 is 2.78 bits per heavy atom. The van der Waals surface area contributed by atoms with Gasteiger partial charge in [0.05, 0.1) is 12.8 Å². The Balaban J connectivity index is 1.77. The molecule has 1 aromatic heterocycles. The van der Waals surface area contributed by atoms with E-state index in [2.05, 4.69) is 21.5 Å². The highest BCUT2D eigenvalue weighted by molar-refractivity contribution is 5.45. The highest BCUT2D eigenvalue weighted by atomic mass is 16.5. The van der Waals surface area contributed by atoms with Gasteiger partial charge in [-0.15, -0.1) is 0 Å². The molecule has 0 unspecified atom stereocenters. The van der Waals surface area contributed by atoms with E-state index in [-0.39, 0.29) is 0 Å². The van der Waals surface area contributed by atoms with Crippen molar-refractivity contribution in [3.05, 3.63) is 53.9 Å². The number of rotatable bonds is 3. The minimum atomic E-state index is 0.849. The fraction of sp³-hybridized carbons (Fsp3) is 0.214. The van der Waals surface area contributed by atoms with Crippen molar-refractivity contribution >= 4 is 5.69 Å². The molecule has 0 amide bonds. The van der Waals surface area contributed by atoms with Crippen molar-refractivity contribution in [1.82, 2.24) is 9.99 Å². The van der Waals surface area contributed by atoms with Crippen molar-refractivity contribution in [3.8, 4) is 5.75 Å². The first-order chi connectivity index (χ1) is 8.86. The zero-order chi connectivity index (χ0) is 12.4. The van der Waals surface area contributed by atoms with Gasteiger partial charge in [0, 0.05) is 31.0 Å². The summed E-state index contributed by atoms with van der Waals surface area (Å²) in [6.45, 7) is 1.73. The van der Waals surface area contributed by atoms with Crippen LogP contribution in [0.15, 0.2) is 42.7 Å². The van der Waals surface area contributed by atoms with Gasteiger partial charge in [-0.05, 0) is 23.8 Å². The summed E-state index contributed by atoms with van der Waals surface area (Å²) in [6, 6.07) is 10.1. The summed E-state index contributed by atoms with van der Waals surface area (Å²) in [7, 11) is 1.72. The zero-order valence-corrected chi connectivity index (χ0v) is 10.3. The normalized spacial score (nSPS) is 14.3. The Hall–Kier alpha value is -2.07. The molecular formula is C14H15N3O. The van der Waals surface area contributed by atoms with Crippen LogP contribution in [0.25, 0.3) is 0 Å². The van der Waals surface area contributed by atoms with Crippen molar-refractivity contribution in [2.45, 2.75) is 13.1 Å². The molecule has 4 heteroatoms. The van der Waals surface area contributed by atoms with E-state index in [0.717, 1.165) is 24.5 Å². The van der Waals surface area contributed by atoms with Gasteiger partial charge in [0.15, 0.2) is 0 Å². The molecule has 4 nitrogen and oxygen atoms in total. The quantitative estimate of drug-likeness (QED) is 0.895. The van der Waals surface area contributed by atoms with E-state index in [1.807, 2.05) is 24.3 Å². The first-order valence-corrected chi connectivity index (χ1v) is 5.93. The topological polar surface area (TPSA) is 37.4 Å². The van der Waals surface area contributed by atoms with Crippen molar-refractivity contribution in [3.63, 3.8) is 0 Å². The van der Waals surface area contributed by atoms with Crippen molar-refractivity contribution in [2.75, 3.05) is 12.5 Å². The standard InChI is InChI=1S/C14H15N3O/c1-18-14-4-2-3-11-9-17(10-13(11)14)16-12-5-7-15-8-6-12/h2-8H,9-10H2,1H3,(H,15,16). The van der Waals surface area contributed by atoms with Crippen LogP contribution in [0.2, 0.25) is 0 Å². The number of ether oxygens (including phenoxy) is 1. The maximum atomic E-state index is 5.39. The Labute approximate surface area is 106 Å². The molecule has 0 radical (unpaired) electrons. The summed E-state index contributed by atoms with van der Waals surface area (Å²) >= 11 is 0. The minimum absolute atomic E-state index is 0.849. The lowest BCUT2D eigenvalue weighted by Gasteiger charge is -2.17. The Morgan fingerprint density at radius 1 is 1.17 bits per heavy atom. The van der Waals surface area contributed by atoms with E-state index in [9.17, 15) is 0 Å². The third kappa shape index (κ3) is 2.02. The van der Waals surface area contributed by atoms with Crippen molar-refractivity contribution < 1.29 is 4.74 Å². The Kier molecular flexibility index (Phi) is 2.86. The largest absolute Gasteiger partial charge is 0.496 e. The molecule has 2 heterocycles. The second kappa shape index (κ2) is 4.66. The number of hydrogen-bond acceptors (Lipinski definition) is 4. The fourth-order valence-corrected chi connectivity index (χ4v) is 2.27. The summed E-state index contributed by atoms with van der Waals surface area (Å²) in [5.41, 5.74) is 7.01. The second-order valence-corrected chi connectivity index (χ2v) is 4.30. The van der Waals surface area contributed by atoms with Gasteiger partial charge in [0.2, 0.25) is 0 Å². The minimum Gasteiger partial charge on any atom is -0.496 e. The SMILES string of the molecule is COc1cccc2c1CN(Nc1ccncc1)C2. The summed E-state index contributed by atoms with van der Waals surface area (Å²) in [5, 5.41) is 2.17. The molecule has 0 spiro atoms. The lowest BCUT2D eigenvalue weighted by Crippen LogP contribution is -2.23. The summed E-state index contributed by atoms with van der Waals surface area (Å²) in [6.07, 6.45) is 3.57. The monoisotopic (exact) mass is 241 g/mol. The van der Waals surface area contributed by atoms with Crippen LogP contribution in [-0.4, -0.2) is 17.1 Å². The van der Waals surface area contributed by atoms with E-state index in [4.69, 9.17) is 4.74 Å². The highest BCUT2D eigenvalue weighted by Crippen LogP contribution is 2.30. The van der Waals surface area contributed by atoms with E-state index in [1.54, 1.807) is 19.5 Å². The number of aromatic nitrogens is 1. The van der Waals surface area contributed by atoms with Gasteiger partial charge in [-0.1, -0.05) is 12.1 Å². The number of fused-ring (bicyclic) bond motifs is 1. The predicted octanol–water partition coefficient (Wildman–Crippen LogP) is 2.43. The fourth-order valence-electron chi connectivity index (χ4n) is 2.27. The predicted molar refractivity (Wildman–Crippen MR) is 70.1 cm³/mol. The molecule has 0 saturated heterocycles. The van der Waals surface area contributed by atoms with Crippen LogP contribution in [0.5, 0.6) is 5.75 Å². The second-order valence-electron chi connectivity index (χ2n) is 4.30. The number of hydrogen-bond donors (Lipinski definition) is 1. The first kappa shape index (κ1) is 11.0. The Morgan fingerprint density at radius 2 is 2.00 bits per heavy atom. The molecule has 0 aliphatic carbocycles. The van der Waals surface area contributed by atoms with Crippen LogP contribution in [0.1, 0.15) is 11.1 Å². The lowest BCUT2D eigenvalue weighted by molar-refractivity contribution is 0.340. The van der Waals surface area contributed by atoms with Crippen LogP contribution in [0.3, 0.4) is 0 Å². The average Bonchev–Trinajstić information content (AvgIpc) is 2.82. The number of nitrogens with zero attached hydrogens (tertiary/aromatic N) is 2. The Bertz CT molecular complexity index is 542. The molecule has 0 fully saturated rings. The van der Waals surface area contributed by atoms with Gasteiger partial charge >= 0.3 is 0 Å². The summed E-state index contributed by atoms with van der Waals surface area (Å²) in [4.78, 5) is 4.01. The zero-order valence-electron chi connectivity index (χ0n) is 10.3. The molecule has 18 heavy (non-hydrogen) atoms.